The van der Waals surface area contributed by atoms with Crippen molar-refractivity contribution in [2.75, 3.05) is 19.6 Å². The molecule has 0 saturated carbocycles. The smallest absolute Gasteiger partial charge is 0.119 e. The molecule has 0 amide bonds. The summed E-state index contributed by atoms with van der Waals surface area (Å²) >= 11 is 0. The first-order valence-corrected chi connectivity index (χ1v) is 7.84. The van der Waals surface area contributed by atoms with E-state index in [0.29, 0.717) is 12.6 Å². The van der Waals surface area contributed by atoms with Crippen LogP contribution in [0.25, 0.3) is 0 Å². The molecule has 0 spiro atoms. The van der Waals surface area contributed by atoms with Gasteiger partial charge in [0.15, 0.2) is 0 Å². The molecule has 2 atom stereocenters. The number of nitrogens with two attached hydrogens (primary N) is 1. The predicted octanol–water partition coefficient (Wildman–Crippen LogP) is 3.21. The molecule has 1 aliphatic rings. The lowest BCUT2D eigenvalue weighted by Crippen LogP contribution is -2.32. The molecule has 2 N–H and O–H groups in total. The minimum absolute atomic E-state index is 0.218. The number of rotatable bonds is 6. The summed E-state index contributed by atoms with van der Waals surface area (Å²) in [7, 11) is 0. The minimum Gasteiger partial charge on any atom is -0.491 e. The van der Waals surface area contributed by atoms with Crippen LogP contribution < -0.4 is 10.5 Å². The van der Waals surface area contributed by atoms with Gasteiger partial charge in [-0.3, -0.25) is 4.90 Å². The molecule has 20 heavy (non-hydrogen) atoms. The van der Waals surface area contributed by atoms with Crippen LogP contribution in [0.4, 0.5) is 0 Å². The average molecular weight is 276 g/mol. The van der Waals surface area contributed by atoms with Gasteiger partial charge in [0.25, 0.3) is 0 Å². The second-order valence-electron chi connectivity index (χ2n) is 6.05. The normalized spacial score (nSPS) is 21.4. The highest BCUT2D eigenvalue weighted by molar-refractivity contribution is 5.29. The highest BCUT2D eigenvalue weighted by Crippen LogP contribution is 2.29. The summed E-state index contributed by atoms with van der Waals surface area (Å²) in [4.78, 5) is 2.53. The van der Waals surface area contributed by atoms with Gasteiger partial charge in [-0.25, -0.2) is 0 Å². The Bertz CT molecular complexity index is 402. The summed E-state index contributed by atoms with van der Waals surface area (Å²) in [6.45, 7) is 9.41. The minimum atomic E-state index is 0.218. The number of hydrogen-bond acceptors (Lipinski definition) is 3. The summed E-state index contributed by atoms with van der Waals surface area (Å²) in [6.07, 6.45) is 2.80. The van der Waals surface area contributed by atoms with Gasteiger partial charge in [-0.2, -0.15) is 0 Å². The Kier molecular flexibility index (Phi) is 5.44. The van der Waals surface area contributed by atoms with Crippen LogP contribution in [0.3, 0.4) is 0 Å². The number of hydrogen-bond donors (Lipinski definition) is 1. The van der Waals surface area contributed by atoms with Gasteiger partial charge >= 0.3 is 0 Å². The van der Waals surface area contributed by atoms with Gasteiger partial charge in [0.1, 0.15) is 5.75 Å². The zero-order chi connectivity index (χ0) is 14.5. The van der Waals surface area contributed by atoms with Crippen LogP contribution in [0, 0.1) is 5.92 Å². The van der Waals surface area contributed by atoms with Crippen molar-refractivity contribution >= 4 is 0 Å². The van der Waals surface area contributed by atoms with Crippen LogP contribution in [0.5, 0.6) is 5.75 Å². The monoisotopic (exact) mass is 276 g/mol. The Hall–Kier alpha value is -1.06. The lowest BCUT2D eigenvalue weighted by molar-refractivity contribution is 0.237. The van der Waals surface area contributed by atoms with Crippen molar-refractivity contribution in [3.05, 3.63) is 29.8 Å². The van der Waals surface area contributed by atoms with Crippen LogP contribution in [0.2, 0.25) is 0 Å². The van der Waals surface area contributed by atoms with E-state index >= 15 is 0 Å². The Balaban J connectivity index is 2.04. The third kappa shape index (κ3) is 3.74. The topological polar surface area (TPSA) is 38.5 Å². The van der Waals surface area contributed by atoms with E-state index in [1.165, 1.54) is 31.5 Å². The number of likely N-dealkylation sites (tertiary alicyclic amines) is 1. The van der Waals surface area contributed by atoms with Crippen molar-refractivity contribution in [1.82, 2.24) is 4.90 Å². The van der Waals surface area contributed by atoms with Gasteiger partial charge in [-0.1, -0.05) is 25.5 Å². The lowest BCUT2D eigenvalue weighted by Gasteiger charge is -2.27. The van der Waals surface area contributed by atoms with Gasteiger partial charge in [0.2, 0.25) is 0 Å². The number of nitrogens with zero attached hydrogens (tertiary/aromatic N) is 1. The van der Waals surface area contributed by atoms with Gasteiger partial charge in [0, 0.05) is 19.1 Å². The van der Waals surface area contributed by atoms with E-state index in [9.17, 15) is 0 Å². The summed E-state index contributed by atoms with van der Waals surface area (Å²) in [5, 5.41) is 0. The molecule has 2 unspecified atom stereocenters. The molecule has 3 heteroatoms. The van der Waals surface area contributed by atoms with Crippen molar-refractivity contribution in [2.45, 2.75) is 45.8 Å². The summed E-state index contributed by atoms with van der Waals surface area (Å²) in [5.41, 5.74) is 7.32. The maximum absolute atomic E-state index is 6.02. The largest absolute Gasteiger partial charge is 0.491 e. The molecule has 3 nitrogen and oxygen atoms in total. The van der Waals surface area contributed by atoms with Crippen molar-refractivity contribution in [3.63, 3.8) is 0 Å². The highest BCUT2D eigenvalue weighted by Gasteiger charge is 2.27. The van der Waals surface area contributed by atoms with E-state index in [1.54, 1.807) is 0 Å². The molecule has 0 aliphatic carbocycles. The Morgan fingerprint density at radius 3 is 2.50 bits per heavy atom. The fourth-order valence-corrected chi connectivity index (χ4v) is 3.02. The van der Waals surface area contributed by atoms with Crippen LogP contribution in [0.15, 0.2) is 24.3 Å². The molecule has 0 aromatic heterocycles. The zero-order valence-corrected chi connectivity index (χ0v) is 13.0. The van der Waals surface area contributed by atoms with E-state index in [2.05, 4.69) is 36.1 Å². The molecule has 1 aromatic rings. The van der Waals surface area contributed by atoms with Crippen LogP contribution in [-0.4, -0.2) is 30.6 Å². The third-order valence-corrected chi connectivity index (χ3v) is 4.20. The fraction of sp³-hybridized carbons (Fsp3) is 0.647. The first-order chi connectivity index (χ1) is 9.63. The molecule has 1 heterocycles. The van der Waals surface area contributed by atoms with Gasteiger partial charge in [-0.15, -0.1) is 0 Å². The standard InChI is InChI=1S/C17H28N2O/c1-4-14-9-10-19(12-14)17(11-18)15-5-7-16(8-6-15)20-13(2)3/h5-8,13-14,17H,4,9-12,18H2,1-3H3. The Morgan fingerprint density at radius 2 is 2.00 bits per heavy atom. The number of benzene rings is 1. The molecule has 1 fully saturated rings. The summed E-state index contributed by atoms with van der Waals surface area (Å²) < 4.78 is 5.70. The molecule has 1 saturated heterocycles. The van der Waals surface area contributed by atoms with Crippen molar-refractivity contribution < 1.29 is 4.74 Å². The van der Waals surface area contributed by atoms with Crippen LogP contribution in [0.1, 0.15) is 45.2 Å². The Labute approximate surface area is 123 Å². The van der Waals surface area contributed by atoms with E-state index in [1.807, 2.05) is 13.8 Å². The van der Waals surface area contributed by atoms with E-state index in [4.69, 9.17) is 10.5 Å². The van der Waals surface area contributed by atoms with Crippen LogP contribution >= 0.6 is 0 Å². The summed E-state index contributed by atoms with van der Waals surface area (Å²) in [5.74, 6) is 1.78. The van der Waals surface area contributed by atoms with Crippen molar-refractivity contribution in [2.24, 2.45) is 11.7 Å². The lowest BCUT2D eigenvalue weighted by atomic mass is 10.0. The molecule has 2 rings (SSSR count). The predicted molar refractivity (Wildman–Crippen MR) is 84.0 cm³/mol. The zero-order valence-electron chi connectivity index (χ0n) is 13.0. The first-order valence-electron chi connectivity index (χ1n) is 7.84. The Morgan fingerprint density at radius 1 is 1.30 bits per heavy atom. The third-order valence-electron chi connectivity index (χ3n) is 4.20. The van der Waals surface area contributed by atoms with Crippen molar-refractivity contribution in [3.8, 4) is 5.75 Å². The van der Waals surface area contributed by atoms with E-state index in [0.717, 1.165) is 11.7 Å². The molecule has 1 aromatic carbocycles. The second kappa shape index (κ2) is 7.09. The van der Waals surface area contributed by atoms with E-state index < -0.39 is 0 Å². The van der Waals surface area contributed by atoms with E-state index in [-0.39, 0.29) is 6.10 Å². The SMILES string of the molecule is CCC1CCN(C(CN)c2ccc(OC(C)C)cc2)C1. The molecule has 1 aliphatic heterocycles. The quantitative estimate of drug-likeness (QED) is 0.867. The van der Waals surface area contributed by atoms with Gasteiger partial charge in [0.05, 0.1) is 6.10 Å². The molecule has 0 radical (unpaired) electrons. The maximum Gasteiger partial charge on any atom is 0.119 e. The summed E-state index contributed by atoms with van der Waals surface area (Å²) in [6, 6.07) is 8.79. The highest BCUT2D eigenvalue weighted by atomic mass is 16.5. The van der Waals surface area contributed by atoms with Crippen LogP contribution in [-0.2, 0) is 0 Å². The van der Waals surface area contributed by atoms with Gasteiger partial charge < -0.3 is 10.5 Å². The molecular weight excluding hydrogens is 248 g/mol. The van der Waals surface area contributed by atoms with Crippen molar-refractivity contribution in [1.29, 1.82) is 0 Å². The molecule has 0 bridgehead atoms. The number of ether oxygens (including phenoxy) is 1. The molecule has 112 valence electrons. The molecular formula is C17H28N2O. The first kappa shape index (κ1) is 15.3. The van der Waals surface area contributed by atoms with Gasteiger partial charge in [-0.05, 0) is 50.4 Å². The second-order valence-corrected chi connectivity index (χ2v) is 6.05. The fourth-order valence-electron chi connectivity index (χ4n) is 3.02. The average Bonchev–Trinajstić information content (AvgIpc) is 2.90. The maximum atomic E-state index is 6.02.